The van der Waals surface area contributed by atoms with Crippen molar-refractivity contribution in [3.05, 3.63) is 75.7 Å². The van der Waals surface area contributed by atoms with Crippen molar-refractivity contribution in [3.63, 3.8) is 0 Å². The smallest absolute Gasteiger partial charge is 0.329 e. The second-order valence-corrected chi connectivity index (χ2v) is 7.05. The predicted molar refractivity (Wildman–Crippen MR) is 106 cm³/mol. The van der Waals surface area contributed by atoms with E-state index in [2.05, 4.69) is 0 Å². The fraction of sp³-hybridized carbons (Fsp3) is 0.190. The fourth-order valence-corrected chi connectivity index (χ4v) is 4.07. The second kappa shape index (κ2) is 6.63. The lowest BCUT2D eigenvalue weighted by atomic mass is 9.98. The monoisotopic (exact) mass is 379 g/mol. The molecule has 0 radical (unpaired) electrons. The molecule has 0 saturated carbocycles. The number of ether oxygens (including phenoxy) is 1. The minimum atomic E-state index is -0.817. The Balaban J connectivity index is 1.83. The Kier molecular flexibility index (Phi) is 4.28. The van der Waals surface area contributed by atoms with Crippen molar-refractivity contribution in [2.45, 2.75) is 18.9 Å². The molecule has 0 bridgehead atoms. The molecule has 1 atom stereocenters. The molecule has 0 fully saturated rings. The largest absolute Gasteiger partial charge is 0.505 e. The minimum absolute atomic E-state index is 0.0427. The Labute approximate surface area is 160 Å². The second-order valence-electron chi connectivity index (χ2n) is 6.56. The molecule has 0 spiro atoms. The van der Waals surface area contributed by atoms with Gasteiger partial charge in [0, 0.05) is 29.3 Å². The van der Waals surface area contributed by atoms with E-state index in [-0.39, 0.29) is 23.4 Å². The van der Waals surface area contributed by atoms with Crippen LogP contribution in [0.25, 0.3) is 10.8 Å². The maximum Gasteiger partial charge on any atom is 0.329 e. The zero-order chi connectivity index (χ0) is 19.1. The number of aromatic nitrogens is 1. The Hall–Kier alpha value is -2.99. The predicted octanol–water partition coefficient (Wildman–Crippen LogP) is 3.13. The molecule has 0 unspecified atom stereocenters. The number of methoxy groups -OCH3 is 1. The summed E-state index contributed by atoms with van der Waals surface area (Å²) in [6, 6.07) is 14.5. The third kappa shape index (κ3) is 2.82. The van der Waals surface area contributed by atoms with Crippen LogP contribution in [0.3, 0.4) is 0 Å². The van der Waals surface area contributed by atoms with Gasteiger partial charge < -0.3 is 9.84 Å². The van der Waals surface area contributed by atoms with E-state index in [0.717, 1.165) is 16.3 Å². The topological polar surface area (TPSA) is 68.5 Å². The van der Waals surface area contributed by atoms with E-state index in [9.17, 15) is 14.7 Å². The number of benzene rings is 2. The molecule has 1 aromatic heterocycles. The van der Waals surface area contributed by atoms with Crippen LogP contribution in [0.2, 0.25) is 0 Å². The number of hydrogen-bond donors (Lipinski definition) is 1. The first-order valence-corrected chi connectivity index (χ1v) is 8.97. The van der Waals surface area contributed by atoms with E-state index in [1.807, 2.05) is 42.5 Å². The van der Waals surface area contributed by atoms with E-state index in [0.29, 0.717) is 16.8 Å². The molecule has 5 nitrogen and oxygen atoms in total. The van der Waals surface area contributed by atoms with Gasteiger partial charge in [-0.2, -0.15) is 0 Å². The molecule has 2 heterocycles. The molecule has 0 amide bonds. The SMILES string of the molecule is COC(=O)[C@H]1CC(=S)c2c(O)c(Cc3cccc4ccccc34)cc(=O)n21. The maximum atomic E-state index is 12.7. The summed E-state index contributed by atoms with van der Waals surface area (Å²) in [6.07, 6.45) is 0.574. The number of fused-ring (bicyclic) bond motifs is 2. The Morgan fingerprint density at radius 2 is 1.96 bits per heavy atom. The highest BCUT2D eigenvalue weighted by molar-refractivity contribution is 7.80. The van der Waals surface area contributed by atoms with Gasteiger partial charge in [-0.3, -0.25) is 9.36 Å². The van der Waals surface area contributed by atoms with Gasteiger partial charge in [-0.15, -0.1) is 0 Å². The summed E-state index contributed by atoms with van der Waals surface area (Å²) in [5.74, 6) is -0.585. The number of hydrogen-bond acceptors (Lipinski definition) is 5. The fourth-order valence-electron chi connectivity index (χ4n) is 3.71. The molecular formula is C21H17NO4S. The third-order valence-corrected chi connectivity index (χ3v) is 5.35. The lowest BCUT2D eigenvalue weighted by molar-refractivity contribution is -0.144. The summed E-state index contributed by atoms with van der Waals surface area (Å²) in [5.41, 5.74) is 1.38. The highest BCUT2D eigenvalue weighted by atomic mass is 32.1. The van der Waals surface area contributed by atoms with Gasteiger partial charge in [0.25, 0.3) is 5.56 Å². The summed E-state index contributed by atoms with van der Waals surface area (Å²) in [5, 5.41) is 13.0. The van der Waals surface area contributed by atoms with Gasteiger partial charge in [-0.1, -0.05) is 54.7 Å². The molecule has 1 N–H and O–H groups in total. The summed E-state index contributed by atoms with van der Waals surface area (Å²) in [7, 11) is 1.27. The van der Waals surface area contributed by atoms with Crippen LogP contribution in [-0.2, 0) is 16.0 Å². The number of esters is 1. The van der Waals surface area contributed by atoms with Gasteiger partial charge in [0.15, 0.2) is 0 Å². The number of carbonyl (C=O) groups excluding carboxylic acids is 1. The molecule has 3 aromatic rings. The molecular weight excluding hydrogens is 362 g/mol. The maximum absolute atomic E-state index is 12.7. The molecule has 2 aromatic carbocycles. The normalized spacial score (nSPS) is 15.7. The van der Waals surface area contributed by atoms with Gasteiger partial charge in [-0.25, -0.2) is 4.79 Å². The molecule has 4 rings (SSSR count). The van der Waals surface area contributed by atoms with Gasteiger partial charge in [0.05, 0.1) is 7.11 Å². The Bertz CT molecular complexity index is 1140. The molecule has 1 aliphatic rings. The first-order chi connectivity index (χ1) is 13.0. The first-order valence-electron chi connectivity index (χ1n) is 8.56. The summed E-state index contributed by atoms with van der Waals surface area (Å²) in [4.78, 5) is 25.1. The van der Waals surface area contributed by atoms with Crippen LogP contribution in [0, 0.1) is 0 Å². The summed E-state index contributed by atoms with van der Waals surface area (Å²) < 4.78 is 6.01. The lowest BCUT2D eigenvalue weighted by Gasteiger charge is -2.15. The summed E-state index contributed by atoms with van der Waals surface area (Å²) >= 11 is 5.34. The van der Waals surface area contributed by atoms with Gasteiger partial charge >= 0.3 is 5.97 Å². The Morgan fingerprint density at radius 3 is 2.74 bits per heavy atom. The number of carbonyl (C=O) groups is 1. The van der Waals surface area contributed by atoms with E-state index >= 15 is 0 Å². The average molecular weight is 379 g/mol. The number of thiocarbonyl (C=S) groups is 1. The number of nitrogens with zero attached hydrogens (tertiary/aromatic N) is 1. The van der Waals surface area contributed by atoms with Gasteiger partial charge in [0.2, 0.25) is 0 Å². The first kappa shape index (κ1) is 17.4. The van der Waals surface area contributed by atoms with Crippen LogP contribution in [0.5, 0.6) is 5.75 Å². The zero-order valence-electron chi connectivity index (χ0n) is 14.6. The summed E-state index contributed by atoms with van der Waals surface area (Å²) in [6.45, 7) is 0. The molecule has 136 valence electrons. The lowest BCUT2D eigenvalue weighted by Crippen LogP contribution is -2.28. The zero-order valence-corrected chi connectivity index (χ0v) is 15.5. The van der Waals surface area contributed by atoms with Crippen LogP contribution < -0.4 is 5.56 Å². The molecule has 27 heavy (non-hydrogen) atoms. The standard InChI is InChI=1S/C21H17NO4S/c1-26-21(25)16-11-17(27)19-20(24)14(10-18(23)22(16)19)9-13-7-4-6-12-5-2-3-8-15(12)13/h2-8,10,16,24H,9,11H2,1H3/t16-/m1/s1. The number of aromatic hydroxyl groups is 1. The quantitative estimate of drug-likeness (QED) is 0.559. The van der Waals surface area contributed by atoms with E-state index in [1.54, 1.807) is 0 Å². The Morgan fingerprint density at radius 1 is 1.22 bits per heavy atom. The van der Waals surface area contributed by atoms with Crippen molar-refractivity contribution in [2.24, 2.45) is 0 Å². The molecule has 1 aliphatic heterocycles. The number of pyridine rings is 1. The average Bonchev–Trinajstić information content (AvgIpc) is 3.03. The van der Waals surface area contributed by atoms with Crippen molar-refractivity contribution in [1.29, 1.82) is 0 Å². The van der Waals surface area contributed by atoms with E-state index < -0.39 is 12.0 Å². The molecule has 0 aliphatic carbocycles. The van der Waals surface area contributed by atoms with Gasteiger partial charge in [-0.05, 0) is 16.3 Å². The minimum Gasteiger partial charge on any atom is -0.505 e. The van der Waals surface area contributed by atoms with E-state index in [1.165, 1.54) is 17.7 Å². The third-order valence-electron chi connectivity index (χ3n) is 4.99. The van der Waals surface area contributed by atoms with Crippen molar-refractivity contribution in [2.75, 3.05) is 7.11 Å². The highest BCUT2D eigenvalue weighted by Crippen LogP contribution is 2.34. The van der Waals surface area contributed by atoms with Crippen LogP contribution >= 0.6 is 12.2 Å². The van der Waals surface area contributed by atoms with Crippen molar-refractivity contribution in [3.8, 4) is 5.75 Å². The molecule has 0 saturated heterocycles. The van der Waals surface area contributed by atoms with Crippen LogP contribution in [0.15, 0.2) is 53.3 Å². The van der Waals surface area contributed by atoms with Crippen molar-refractivity contribution >= 4 is 33.8 Å². The highest BCUT2D eigenvalue weighted by Gasteiger charge is 2.36. The van der Waals surface area contributed by atoms with Crippen LogP contribution in [0.4, 0.5) is 0 Å². The van der Waals surface area contributed by atoms with Crippen LogP contribution in [0.1, 0.15) is 29.3 Å². The van der Waals surface area contributed by atoms with Crippen LogP contribution in [-0.4, -0.2) is 27.6 Å². The number of rotatable bonds is 3. The van der Waals surface area contributed by atoms with Crippen molar-refractivity contribution < 1.29 is 14.6 Å². The van der Waals surface area contributed by atoms with Crippen molar-refractivity contribution in [1.82, 2.24) is 4.57 Å². The molecule has 6 heteroatoms. The van der Waals surface area contributed by atoms with Gasteiger partial charge in [0.1, 0.15) is 17.5 Å². The van der Waals surface area contributed by atoms with E-state index in [4.69, 9.17) is 17.0 Å².